The number of aliphatic imine (C=N–C) groups is 4. The predicted octanol–water partition coefficient (Wildman–Crippen LogP) is 5.83. The van der Waals surface area contributed by atoms with Gasteiger partial charge in [-0.2, -0.15) is 9.98 Å². The van der Waals surface area contributed by atoms with E-state index in [9.17, 15) is 0 Å². The molecule has 10 nitrogen and oxygen atoms in total. The van der Waals surface area contributed by atoms with Crippen molar-refractivity contribution >= 4 is 47.6 Å². The van der Waals surface area contributed by atoms with E-state index < -0.39 is 0 Å². The minimum absolute atomic E-state index is 0. The van der Waals surface area contributed by atoms with Gasteiger partial charge in [0.15, 0.2) is 0 Å². The molecule has 2 aromatic rings. The summed E-state index contributed by atoms with van der Waals surface area (Å²) >= 11 is 0. The van der Waals surface area contributed by atoms with Gasteiger partial charge in [-0.3, -0.25) is 9.98 Å². The first-order valence-electron chi connectivity index (χ1n) is 15.2. The fraction of sp³-hybridized carbons (Fsp3) is 0.500. The molecule has 2 rings (SSSR count). The van der Waals surface area contributed by atoms with E-state index in [-0.39, 0.29) is 12.4 Å². The summed E-state index contributed by atoms with van der Waals surface area (Å²) in [5, 5.41) is 6.32. The van der Waals surface area contributed by atoms with Gasteiger partial charge in [-0.25, -0.2) is 0 Å². The second kappa shape index (κ2) is 21.0. The Labute approximate surface area is 265 Å². The van der Waals surface area contributed by atoms with E-state index in [1.54, 1.807) is 0 Å². The third kappa shape index (κ3) is 14.3. The summed E-state index contributed by atoms with van der Waals surface area (Å²) in [6.07, 6.45) is 4.08. The number of aryl methyl sites for hydroxylation is 2. The topological polar surface area (TPSA) is 132 Å². The number of nitrogens with one attached hydrogen (secondary N) is 2. The minimum Gasteiger partial charge on any atom is -0.369 e. The molecule has 0 aliphatic carbocycles. The average molecular weight is 613 g/mol. The molecule has 0 radical (unpaired) electrons. The van der Waals surface area contributed by atoms with Crippen LogP contribution >= 0.6 is 12.4 Å². The molecule has 0 spiro atoms. The molecule has 6 N–H and O–H groups in total. The van der Waals surface area contributed by atoms with Crippen LogP contribution in [0.2, 0.25) is 0 Å². The lowest BCUT2D eigenvalue weighted by molar-refractivity contribution is 0.457. The zero-order valence-corrected chi connectivity index (χ0v) is 27.8. The van der Waals surface area contributed by atoms with Gasteiger partial charge in [0.2, 0.25) is 23.8 Å². The average Bonchev–Trinajstić information content (AvgIpc) is 2.97. The smallest absolute Gasteiger partial charge is 0.223 e. The van der Waals surface area contributed by atoms with Gasteiger partial charge in [-0.1, -0.05) is 48.2 Å². The molecular formula is C32H53ClN10. The summed E-state index contributed by atoms with van der Waals surface area (Å²) in [5.74, 6) is 2.01. The third-order valence-corrected chi connectivity index (χ3v) is 6.75. The van der Waals surface area contributed by atoms with E-state index in [2.05, 4.69) is 72.0 Å². The molecular weight excluding hydrogens is 560 g/mol. The Bertz CT molecular complexity index is 1070. The van der Waals surface area contributed by atoms with Gasteiger partial charge < -0.3 is 31.9 Å². The number of halogens is 1. The van der Waals surface area contributed by atoms with Crippen LogP contribution in [0.3, 0.4) is 0 Å². The maximum Gasteiger partial charge on any atom is 0.223 e. The fourth-order valence-electron chi connectivity index (χ4n) is 4.20. The number of nitrogens with two attached hydrogens (primary N) is 2. The van der Waals surface area contributed by atoms with E-state index in [1.165, 1.54) is 11.1 Å². The monoisotopic (exact) mass is 612 g/mol. The normalized spacial score (nSPS) is 12.5. The summed E-state index contributed by atoms with van der Waals surface area (Å²) in [5.41, 5.74) is 16.6. The number of hydrogen-bond donors (Lipinski definition) is 4. The second-order valence-corrected chi connectivity index (χ2v) is 10.1. The second-order valence-electron chi connectivity index (χ2n) is 10.1. The predicted molar refractivity (Wildman–Crippen MR) is 189 cm³/mol. The molecule has 0 saturated heterocycles. The Kier molecular flexibility index (Phi) is 18.2. The molecule has 0 bridgehead atoms. The molecule has 0 heterocycles. The van der Waals surface area contributed by atoms with E-state index in [0.29, 0.717) is 36.9 Å². The van der Waals surface area contributed by atoms with Crippen LogP contribution in [0, 0.1) is 13.8 Å². The summed E-state index contributed by atoms with van der Waals surface area (Å²) in [4.78, 5) is 23.0. The molecule has 0 saturated carbocycles. The van der Waals surface area contributed by atoms with Crippen LogP contribution in [0.5, 0.6) is 0 Å². The molecule has 0 aliphatic heterocycles. The van der Waals surface area contributed by atoms with Crippen LogP contribution in [0.15, 0.2) is 68.5 Å². The molecule has 43 heavy (non-hydrogen) atoms. The Morgan fingerprint density at radius 3 is 1.21 bits per heavy atom. The largest absolute Gasteiger partial charge is 0.369 e. The maximum atomic E-state index is 6.21. The van der Waals surface area contributed by atoms with Crippen molar-refractivity contribution < 1.29 is 0 Å². The minimum atomic E-state index is 0. The highest BCUT2D eigenvalue weighted by Crippen LogP contribution is 2.10. The molecule has 0 unspecified atom stereocenters. The Balaban J connectivity index is 0.00000924. The summed E-state index contributed by atoms with van der Waals surface area (Å²) in [7, 11) is 0. The number of guanidine groups is 4. The Morgan fingerprint density at radius 1 is 0.581 bits per heavy atom. The van der Waals surface area contributed by atoms with Gasteiger partial charge >= 0.3 is 0 Å². The number of anilines is 2. The van der Waals surface area contributed by atoms with E-state index in [4.69, 9.17) is 21.5 Å². The van der Waals surface area contributed by atoms with Crippen molar-refractivity contribution in [1.82, 2.24) is 9.80 Å². The van der Waals surface area contributed by atoms with Gasteiger partial charge in [0, 0.05) is 50.6 Å². The molecule has 0 aromatic heterocycles. The Morgan fingerprint density at radius 2 is 0.907 bits per heavy atom. The first kappa shape index (κ1) is 37.2. The molecule has 0 aliphatic rings. The lowest BCUT2D eigenvalue weighted by Gasteiger charge is -2.20. The van der Waals surface area contributed by atoms with Crippen molar-refractivity contribution in [2.24, 2.45) is 31.4 Å². The molecule has 0 amide bonds. The molecule has 0 fully saturated rings. The van der Waals surface area contributed by atoms with Crippen LogP contribution in [0.25, 0.3) is 0 Å². The molecule has 0 atom stereocenters. The van der Waals surface area contributed by atoms with Crippen LogP contribution in [-0.4, -0.2) is 72.9 Å². The molecule has 11 heteroatoms. The van der Waals surface area contributed by atoms with Crippen LogP contribution in [0.4, 0.5) is 11.4 Å². The zero-order chi connectivity index (χ0) is 30.7. The van der Waals surface area contributed by atoms with E-state index in [1.807, 2.05) is 48.5 Å². The van der Waals surface area contributed by atoms with Crippen molar-refractivity contribution in [2.45, 2.75) is 67.2 Å². The summed E-state index contributed by atoms with van der Waals surface area (Å²) < 4.78 is 0. The lowest BCUT2D eigenvalue weighted by atomic mass is 10.2. The van der Waals surface area contributed by atoms with Gasteiger partial charge in [0.1, 0.15) is 0 Å². The highest BCUT2D eigenvalue weighted by Gasteiger charge is 2.09. The van der Waals surface area contributed by atoms with E-state index >= 15 is 0 Å². The van der Waals surface area contributed by atoms with Crippen molar-refractivity contribution in [3.63, 3.8) is 0 Å². The quantitative estimate of drug-likeness (QED) is 0.128. The van der Waals surface area contributed by atoms with Gasteiger partial charge in [-0.05, 0) is 78.6 Å². The van der Waals surface area contributed by atoms with Crippen molar-refractivity contribution in [2.75, 3.05) is 49.9 Å². The summed E-state index contributed by atoms with van der Waals surface area (Å²) in [6.45, 7) is 17.2. The van der Waals surface area contributed by atoms with Gasteiger partial charge in [0.25, 0.3) is 0 Å². The number of benzene rings is 2. The third-order valence-electron chi connectivity index (χ3n) is 6.75. The van der Waals surface area contributed by atoms with Crippen LogP contribution in [0.1, 0.15) is 64.5 Å². The van der Waals surface area contributed by atoms with Crippen molar-refractivity contribution in [3.05, 3.63) is 59.7 Å². The highest BCUT2D eigenvalue weighted by molar-refractivity contribution is 6.01. The zero-order valence-electron chi connectivity index (χ0n) is 26.9. The van der Waals surface area contributed by atoms with Gasteiger partial charge in [-0.15, -0.1) is 12.4 Å². The van der Waals surface area contributed by atoms with Crippen molar-refractivity contribution in [1.29, 1.82) is 0 Å². The standard InChI is InChI=1S/C32H52N10.ClH/c1-7-41(8-2)31(39-29(33)37-27-19-15-25(5)16-20-27)35-23-13-11-12-14-24-36-32(42(9-3)10-4)40-30(34)38-28-21-17-26(6)18-22-28;/h15-22H,7-14,23-24H2,1-6H3,(H3,33,35,37,39)(H3,34,36,38,40);1H. The SMILES string of the molecule is CCN(CC)C(=NCCCCCCN=C(/N=C(/N)Nc1ccc(C)cc1)N(CC)CC)/N=C(/N)Nc1ccc(C)cc1.Cl. The summed E-state index contributed by atoms with van der Waals surface area (Å²) in [6, 6.07) is 16.1. The maximum absolute atomic E-state index is 6.21. The molecule has 2 aromatic carbocycles. The van der Waals surface area contributed by atoms with Crippen LogP contribution < -0.4 is 22.1 Å². The van der Waals surface area contributed by atoms with Gasteiger partial charge in [0.05, 0.1) is 0 Å². The molecule has 238 valence electrons. The highest BCUT2D eigenvalue weighted by atomic mass is 35.5. The Hall–Kier alpha value is -3.79. The first-order chi connectivity index (χ1) is 20.3. The number of unbranched alkanes of at least 4 members (excludes halogenated alkanes) is 3. The fourth-order valence-corrected chi connectivity index (χ4v) is 4.20. The number of rotatable bonds is 13. The number of hydrogen-bond acceptors (Lipinski definition) is 2. The first-order valence-corrected chi connectivity index (χ1v) is 15.2. The van der Waals surface area contributed by atoms with E-state index in [0.717, 1.165) is 63.2 Å². The van der Waals surface area contributed by atoms with Crippen molar-refractivity contribution in [3.8, 4) is 0 Å². The van der Waals surface area contributed by atoms with Crippen LogP contribution in [-0.2, 0) is 0 Å². The lowest BCUT2D eigenvalue weighted by Crippen LogP contribution is -2.33. The number of nitrogens with zero attached hydrogens (tertiary/aromatic N) is 6.